The SMILES string of the molecule is CN1CCC(N(C)CCCc2ccc(N3CCCC3)c(N)c2)CC1. The Morgan fingerprint density at radius 2 is 1.83 bits per heavy atom. The average molecular weight is 331 g/mol. The molecule has 3 rings (SSSR count). The maximum Gasteiger partial charge on any atom is 0.0600 e. The van der Waals surface area contributed by atoms with E-state index < -0.39 is 0 Å². The standard InChI is InChI=1S/C20H34N4/c1-22-14-9-18(10-15-22)23(2)11-5-6-17-7-8-20(19(21)16-17)24-12-3-4-13-24/h7-8,16,18H,3-6,9-15,21H2,1-2H3. The third kappa shape index (κ3) is 4.42. The van der Waals surface area contributed by atoms with E-state index in [2.05, 4.69) is 47.0 Å². The molecule has 2 N–H and O–H groups in total. The van der Waals surface area contributed by atoms with Crippen molar-refractivity contribution < 1.29 is 0 Å². The number of hydrogen-bond acceptors (Lipinski definition) is 4. The maximum atomic E-state index is 6.31. The third-order valence-electron chi connectivity index (χ3n) is 5.83. The molecule has 1 aromatic carbocycles. The zero-order valence-electron chi connectivity index (χ0n) is 15.5. The summed E-state index contributed by atoms with van der Waals surface area (Å²) in [4.78, 5) is 7.43. The summed E-state index contributed by atoms with van der Waals surface area (Å²) in [7, 11) is 4.52. The minimum Gasteiger partial charge on any atom is -0.397 e. The van der Waals surface area contributed by atoms with E-state index in [0.717, 1.165) is 31.2 Å². The van der Waals surface area contributed by atoms with Crippen LogP contribution in [0.1, 0.15) is 37.7 Å². The smallest absolute Gasteiger partial charge is 0.0600 e. The van der Waals surface area contributed by atoms with E-state index >= 15 is 0 Å². The summed E-state index contributed by atoms with van der Waals surface area (Å²) < 4.78 is 0. The third-order valence-corrected chi connectivity index (χ3v) is 5.83. The molecule has 0 bridgehead atoms. The Morgan fingerprint density at radius 1 is 1.12 bits per heavy atom. The van der Waals surface area contributed by atoms with Gasteiger partial charge in [-0.2, -0.15) is 0 Å². The number of aryl methyl sites for hydroxylation is 1. The van der Waals surface area contributed by atoms with E-state index in [1.54, 1.807) is 0 Å². The highest BCUT2D eigenvalue weighted by Crippen LogP contribution is 2.28. The molecule has 1 aromatic rings. The minimum atomic E-state index is 0.767. The van der Waals surface area contributed by atoms with Gasteiger partial charge in [0.25, 0.3) is 0 Å². The van der Waals surface area contributed by atoms with Gasteiger partial charge in [-0.1, -0.05) is 6.07 Å². The number of rotatable bonds is 6. The van der Waals surface area contributed by atoms with E-state index in [1.165, 1.54) is 63.0 Å². The molecule has 4 heteroatoms. The monoisotopic (exact) mass is 330 g/mol. The van der Waals surface area contributed by atoms with Gasteiger partial charge in [0.2, 0.25) is 0 Å². The lowest BCUT2D eigenvalue weighted by molar-refractivity contribution is 0.143. The first-order valence-corrected chi connectivity index (χ1v) is 9.65. The number of nitrogen functional groups attached to an aromatic ring is 1. The molecule has 0 aromatic heterocycles. The van der Waals surface area contributed by atoms with Gasteiger partial charge in [0.15, 0.2) is 0 Å². The predicted molar refractivity (Wildman–Crippen MR) is 104 cm³/mol. The van der Waals surface area contributed by atoms with Crippen LogP contribution in [0.25, 0.3) is 0 Å². The number of nitrogens with two attached hydrogens (primary N) is 1. The molecule has 2 aliphatic heterocycles. The van der Waals surface area contributed by atoms with Crippen LogP contribution in [-0.4, -0.2) is 62.7 Å². The van der Waals surface area contributed by atoms with E-state index in [-0.39, 0.29) is 0 Å². The van der Waals surface area contributed by atoms with Crippen LogP contribution in [0.5, 0.6) is 0 Å². The summed E-state index contributed by atoms with van der Waals surface area (Å²) in [5.74, 6) is 0. The largest absolute Gasteiger partial charge is 0.397 e. The highest BCUT2D eigenvalue weighted by molar-refractivity contribution is 5.68. The summed E-state index contributed by atoms with van der Waals surface area (Å²) in [5, 5.41) is 0. The van der Waals surface area contributed by atoms with Crippen molar-refractivity contribution >= 4 is 11.4 Å². The second kappa shape index (κ2) is 8.21. The number of nitrogens with zero attached hydrogens (tertiary/aromatic N) is 3. The molecule has 0 radical (unpaired) electrons. The highest BCUT2D eigenvalue weighted by atomic mass is 15.2. The number of hydrogen-bond donors (Lipinski definition) is 1. The molecule has 2 heterocycles. The van der Waals surface area contributed by atoms with Gasteiger partial charge in [-0.05, 0) is 90.0 Å². The van der Waals surface area contributed by atoms with Gasteiger partial charge < -0.3 is 20.4 Å². The summed E-state index contributed by atoms with van der Waals surface area (Å²) in [6.07, 6.45) is 7.55. The Hall–Kier alpha value is -1.26. The van der Waals surface area contributed by atoms with Gasteiger partial charge in [-0.25, -0.2) is 0 Å². The van der Waals surface area contributed by atoms with E-state index in [1.807, 2.05) is 0 Å². The average Bonchev–Trinajstić information content (AvgIpc) is 3.10. The lowest BCUT2D eigenvalue weighted by Crippen LogP contribution is -2.42. The summed E-state index contributed by atoms with van der Waals surface area (Å²) in [6, 6.07) is 7.48. The van der Waals surface area contributed by atoms with E-state index in [0.29, 0.717) is 0 Å². The van der Waals surface area contributed by atoms with Gasteiger partial charge in [-0.15, -0.1) is 0 Å². The van der Waals surface area contributed by atoms with Crippen LogP contribution in [0, 0.1) is 0 Å². The van der Waals surface area contributed by atoms with Gasteiger partial charge in [0.1, 0.15) is 0 Å². The summed E-state index contributed by atoms with van der Waals surface area (Å²) >= 11 is 0. The van der Waals surface area contributed by atoms with Crippen LogP contribution in [0.4, 0.5) is 11.4 Å². The predicted octanol–water partition coefficient (Wildman–Crippen LogP) is 2.83. The fourth-order valence-corrected chi connectivity index (χ4v) is 4.16. The Labute approximate surface area is 147 Å². The molecule has 0 aliphatic carbocycles. The van der Waals surface area contributed by atoms with Crippen molar-refractivity contribution in [2.45, 2.75) is 44.6 Å². The lowest BCUT2D eigenvalue weighted by Gasteiger charge is -2.35. The molecule has 2 aliphatic rings. The van der Waals surface area contributed by atoms with Crippen LogP contribution >= 0.6 is 0 Å². The van der Waals surface area contributed by atoms with Crippen molar-refractivity contribution in [1.29, 1.82) is 0 Å². The van der Waals surface area contributed by atoms with Crippen molar-refractivity contribution in [2.75, 3.05) is 57.5 Å². The van der Waals surface area contributed by atoms with Crippen molar-refractivity contribution in [3.63, 3.8) is 0 Å². The zero-order valence-corrected chi connectivity index (χ0v) is 15.5. The molecule has 0 unspecified atom stereocenters. The highest BCUT2D eigenvalue weighted by Gasteiger charge is 2.20. The molecular weight excluding hydrogens is 296 g/mol. The number of anilines is 2. The molecule has 0 spiro atoms. The van der Waals surface area contributed by atoms with Crippen molar-refractivity contribution in [3.8, 4) is 0 Å². The molecule has 2 fully saturated rings. The molecule has 0 amide bonds. The fourth-order valence-electron chi connectivity index (χ4n) is 4.16. The van der Waals surface area contributed by atoms with E-state index in [4.69, 9.17) is 5.73 Å². The Kier molecular flexibility index (Phi) is 6.01. The number of likely N-dealkylation sites (tertiary alicyclic amines) is 1. The second-order valence-corrected chi connectivity index (χ2v) is 7.71. The van der Waals surface area contributed by atoms with Crippen LogP contribution in [-0.2, 0) is 6.42 Å². The molecule has 0 saturated carbocycles. The van der Waals surface area contributed by atoms with Crippen molar-refractivity contribution in [2.24, 2.45) is 0 Å². The molecule has 0 atom stereocenters. The molecular formula is C20H34N4. The Bertz CT molecular complexity index is 516. The molecule has 24 heavy (non-hydrogen) atoms. The Morgan fingerprint density at radius 3 is 2.50 bits per heavy atom. The van der Waals surface area contributed by atoms with Gasteiger partial charge in [0, 0.05) is 19.1 Å². The quantitative estimate of drug-likeness (QED) is 0.814. The number of benzene rings is 1. The van der Waals surface area contributed by atoms with Gasteiger partial charge >= 0.3 is 0 Å². The summed E-state index contributed by atoms with van der Waals surface area (Å²) in [5.41, 5.74) is 9.88. The van der Waals surface area contributed by atoms with Crippen LogP contribution in [0.2, 0.25) is 0 Å². The molecule has 2 saturated heterocycles. The first kappa shape index (κ1) is 17.6. The molecule has 4 nitrogen and oxygen atoms in total. The first-order valence-electron chi connectivity index (χ1n) is 9.65. The van der Waals surface area contributed by atoms with Crippen molar-refractivity contribution in [1.82, 2.24) is 9.80 Å². The van der Waals surface area contributed by atoms with Gasteiger partial charge in [0.05, 0.1) is 11.4 Å². The zero-order chi connectivity index (χ0) is 16.9. The number of piperidine rings is 1. The summed E-state index contributed by atoms with van der Waals surface area (Å²) in [6.45, 7) is 5.98. The Balaban J connectivity index is 1.45. The minimum absolute atomic E-state index is 0.767. The second-order valence-electron chi connectivity index (χ2n) is 7.71. The first-order chi connectivity index (χ1) is 11.6. The van der Waals surface area contributed by atoms with Crippen molar-refractivity contribution in [3.05, 3.63) is 23.8 Å². The van der Waals surface area contributed by atoms with Gasteiger partial charge in [-0.3, -0.25) is 0 Å². The topological polar surface area (TPSA) is 35.7 Å². The van der Waals surface area contributed by atoms with Crippen LogP contribution in [0.15, 0.2) is 18.2 Å². The fraction of sp³-hybridized carbons (Fsp3) is 0.700. The van der Waals surface area contributed by atoms with Crippen LogP contribution < -0.4 is 10.6 Å². The van der Waals surface area contributed by atoms with E-state index in [9.17, 15) is 0 Å². The molecule has 134 valence electrons. The lowest BCUT2D eigenvalue weighted by atomic mass is 10.0. The van der Waals surface area contributed by atoms with Crippen LogP contribution in [0.3, 0.4) is 0 Å². The normalized spacial score (nSPS) is 20.2. The maximum absolute atomic E-state index is 6.31.